The maximum atomic E-state index is 4.59. The van der Waals surface area contributed by atoms with E-state index in [4.69, 9.17) is 0 Å². The van der Waals surface area contributed by atoms with Crippen LogP contribution in [0.5, 0.6) is 0 Å². The summed E-state index contributed by atoms with van der Waals surface area (Å²) in [6.07, 6.45) is 1.91. The molecule has 140 valence electrons. The maximum absolute atomic E-state index is 4.59. The lowest BCUT2D eigenvalue weighted by molar-refractivity contribution is 0.811. The molecule has 7 nitrogen and oxygen atoms in total. The minimum absolute atomic E-state index is 0.424. The van der Waals surface area contributed by atoms with Crippen molar-refractivity contribution in [1.29, 1.82) is 0 Å². The van der Waals surface area contributed by atoms with Crippen molar-refractivity contribution in [3.63, 3.8) is 0 Å². The van der Waals surface area contributed by atoms with Gasteiger partial charge in [-0.2, -0.15) is 20.1 Å². The van der Waals surface area contributed by atoms with Crippen molar-refractivity contribution in [3.8, 4) is 5.95 Å². The topological polar surface area (TPSA) is 80.5 Å². The number of hydrogen-bond donors (Lipinski definition) is 2. The van der Waals surface area contributed by atoms with Crippen LogP contribution in [0.15, 0.2) is 91.1 Å². The number of hydrogen-bond acceptors (Lipinski definition) is 6. The van der Waals surface area contributed by atoms with E-state index in [2.05, 4.69) is 30.7 Å². The highest BCUT2D eigenvalue weighted by Gasteiger charge is 2.11. The van der Waals surface area contributed by atoms with Crippen LogP contribution in [0.3, 0.4) is 0 Å². The molecule has 5 rings (SSSR count). The lowest BCUT2D eigenvalue weighted by Crippen LogP contribution is -2.09. The van der Waals surface area contributed by atoms with Crippen molar-refractivity contribution in [3.05, 3.63) is 91.1 Å². The molecule has 0 atom stereocenters. The second-order valence-corrected chi connectivity index (χ2v) is 6.40. The molecule has 0 saturated heterocycles. The third-order valence-electron chi connectivity index (χ3n) is 4.30. The summed E-state index contributed by atoms with van der Waals surface area (Å²) in [4.78, 5) is 13.6. The molecular formula is C22H17N7. The first-order valence-corrected chi connectivity index (χ1v) is 9.18. The Morgan fingerprint density at radius 3 is 1.72 bits per heavy atom. The molecule has 5 aromatic rings. The van der Waals surface area contributed by atoms with Crippen molar-refractivity contribution in [2.45, 2.75) is 0 Å². The van der Waals surface area contributed by atoms with E-state index in [1.165, 1.54) is 0 Å². The average Bonchev–Trinajstić information content (AvgIpc) is 3.20. The zero-order chi connectivity index (χ0) is 19.5. The molecule has 0 aliphatic heterocycles. The Balaban J connectivity index is 1.57. The van der Waals surface area contributed by atoms with Crippen molar-refractivity contribution >= 4 is 34.2 Å². The predicted molar refractivity (Wildman–Crippen MR) is 114 cm³/mol. The number of nitrogens with one attached hydrogen (secondary N) is 2. The molecule has 0 fully saturated rings. The van der Waals surface area contributed by atoms with E-state index in [1.54, 1.807) is 4.68 Å². The Morgan fingerprint density at radius 2 is 1.14 bits per heavy atom. The molecule has 7 heteroatoms. The standard InChI is InChI=1S/C22H17N7/c1-3-10-17(11-4-1)23-20-25-21(24-18-12-5-2-6-13-18)27-22(26-20)29-15-16-9-7-8-14-19(16)28-29/h1-15H,(H2,23,24,25,26,27). The molecule has 0 unspecified atom stereocenters. The Morgan fingerprint density at radius 1 is 0.586 bits per heavy atom. The zero-order valence-corrected chi connectivity index (χ0v) is 15.4. The quantitative estimate of drug-likeness (QED) is 0.461. The van der Waals surface area contributed by atoms with Gasteiger partial charge in [0.15, 0.2) is 0 Å². The van der Waals surface area contributed by atoms with Crippen LogP contribution >= 0.6 is 0 Å². The summed E-state index contributed by atoms with van der Waals surface area (Å²) in [5.74, 6) is 1.28. The predicted octanol–water partition coefficient (Wildman–Crippen LogP) is 4.70. The van der Waals surface area contributed by atoms with Gasteiger partial charge in [-0.3, -0.25) is 0 Å². The van der Waals surface area contributed by atoms with E-state index in [9.17, 15) is 0 Å². The van der Waals surface area contributed by atoms with Gasteiger partial charge in [-0.15, -0.1) is 0 Å². The van der Waals surface area contributed by atoms with Gasteiger partial charge in [0.25, 0.3) is 5.95 Å². The highest BCUT2D eigenvalue weighted by atomic mass is 15.4. The number of para-hydroxylation sites is 2. The summed E-state index contributed by atoms with van der Waals surface area (Å²) in [5, 5.41) is 12.1. The molecule has 2 heterocycles. The van der Waals surface area contributed by atoms with Gasteiger partial charge in [0, 0.05) is 23.0 Å². The number of aromatic nitrogens is 5. The molecule has 2 aromatic heterocycles. The van der Waals surface area contributed by atoms with Crippen LogP contribution in [0, 0.1) is 0 Å². The van der Waals surface area contributed by atoms with Crippen molar-refractivity contribution in [1.82, 2.24) is 24.7 Å². The van der Waals surface area contributed by atoms with Crippen molar-refractivity contribution in [2.24, 2.45) is 0 Å². The number of fused-ring (bicyclic) bond motifs is 1. The minimum Gasteiger partial charge on any atom is -0.324 e. The van der Waals surface area contributed by atoms with Gasteiger partial charge >= 0.3 is 0 Å². The first kappa shape index (κ1) is 16.9. The second-order valence-electron chi connectivity index (χ2n) is 6.40. The molecule has 0 bridgehead atoms. The summed E-state index contributed by atoms with van der Waals surface area (Å²) in [5.41, 5.74) is 2.66. The first-order chi connectivity index (χ1) is 14.3. The molecular weight excluding hydrogens is 362 g/mol. The van der Waals surface area contributed by atoms with E-state index < -0.39 is 0 Å². The van der Waals surface area contributed by atoms with E-state index >= 15 is 0 Å². The monoisotopic (exact) mass is 379 g/mol. The molecule has 0 aliphatic carbocycles. The smallest absolute Gasteiger partial charge is 0.257 e. The van der Waals surface area contributed by atoms with Crippen LogP contribution in [0.25, 0.3) is 16.9 Å². The fourth-order valence-corrected chi connectivity index (χ4v) is 2.95. The summed E-state index contributed by atoms with van der Waals surface area (Å²) >= 11 is 0. The summed E-state index contributed by atoms with van der Waals surface area (Å²) in [7, 11) is 0. The normalized spacial score (nSPS) is 10.8. The summed E-state index contributed by atoms with van der Waals surface area (Å²) in [6.45, 7) is 0. The van der Waals surface area contributed by atoms with Gasteiger partial charge in [-0.05, 0) is 30.3 Å². The summed E-state index contributed by atoms with van der Waals surface area (Å²) in [6, 6.07) is 27.4. The van der Waals surface area contributed by atoms with Gasteiger partial charge < -0.3 is 10.6 Å². The molecule has 0 saturated carbocycles. The van der Waals surface area contributed by atoms with Crippen LogP contribution in [-0.2, 0) is 0 Å². The van der Waals surface area contributed by atoms with Crippen LogP contribution in [-0.4, -0.2) is 24.7 Å². The maximum Gasteiger partial charge on any atom is 0.257 e. The molecule has 0 spiro atoms. The molecule has 29 heavy (non-hydrogen) atoms. The number of benzene rings is 3. The Labute approximate surface area is 167 Å². The van der Waals surface area contributed by atoms with Gasteiger partial charge in [0.1, 0.15) is 0 Å². The number of anilines is 4. The SMILES string of the molecule is c1ccc(Nc2nc(Nc3ccccc3)nc(-n3cc4ccccc4n3)n2)cc1. The molecule has 2 N–H and O–H groups in total. The fraction of sp³-hybridized carbons (Fsp3) is 0. The van der Waals surface area contributed by atoms with Gasteiger partial charge in [0.05, 0.1) is 5.52 Å². The summed E-state index contributed by atoms with van der Waals surface area (Å²) < 4.78 is 1.67. The molecule has 0 aliphatic rings. The van der Waals surface area contributed by atoms with Gasteiger partial charge in [-0.25, -0.2) is 4.68 Å². The van der Waals surface area contributed by atoms with E-state index in [1.807, 2.05) is 91.1 Å². The van der Waals surface area contributed by atoms with Crippen LogP contribution < -0.4 is 10.6 Å². The molecule has 0 radical (unpaired) electrons. The molecule has 0 amide bonds. The highest BCUT2D eigenvalue weighted by molar-refractivity contribution is 5.78. The molecule has 3 aromatic carbocycles. The van der Waals surface area contributed by atoms with E-state index in [0.717, 1.165) is 22.3 Å². The van der Waals surface area contributed by atoms with Gasteiger partial charge in [-0.1, -0.05) is 54.6 Å². The Bertz CT molecular complexity index is 1160. The van der Waals surface area contributed by atoms with Crippen molar-refractivity contribution in [2.75, 3.05) is 10.6 Å². The Hall–Kier alpha value is -4.26. The highest BCUT2D eigenvalue weighted by Crippen LogP contribution is 2.19. The fourth-order valence-electron chi connectivity index (χ4n) is 2.95. The second kappa shape index (κ2) is 7.40. The first-order valence-electron chi connectivity index (χ1n) is 9.18. The lowest BCUT2D eigenvalue weighted by atomic mass is 10.3. The minimum atomic E-state index is 0.424. The Kier molecular flexibility index (Phi) is 4.31. The van der Waals surface area contributed by atoms with Crippen LogP contribution in [0.4, 0.5) is 23.3 Å². The third kappa shape index (κ3) is 3.74. The zero-order valence-electron chi connectivity index (χ0n) is 15.4. The third-order valence-corrected chi connectivity index (χ3v) is 4.30. The van der Waals surface area contributed by atoms with Crippen LogP contribution in [0.2, 0.25) is 0 Å². The van der Waals surface area contributed by atoms with Crippen LogP contribution in [0.1, 0.15) is 0 Å². The largest absolute Gasteiger partial charge is 0.324 e. The van der Waals surface area contributed by atoms with E-state index in [0.29, 0.717) is 17.8 Å². The van der Waals surface area contributed by atoms with E-state index in [-0.39, 0.29) is 0 Å². The van der Waals surface area contributed by atoms with Crippen molar-refractivity contribution < 1.29 is 0 Å². The van der Waals surface area contributed by atoms with Gasteiger partial charge in [0.2, 0.25) is 11.9 Å². The lowest BCUT2D eigenvalue weighted by Gasteiger charge is -2.10. The number of rotatable bonds is 5. The average molecular weight is 379 g/mol. The number of nitrogens with zero attached hydrogens (tertiary/aromatic N) is 5.